The molecule has 0 radical (unpaired) electrons. The van der Waals surface area contributed by atoms with Crippen LogP contribution in [-0.4, -0.2) is 33.3 Å². The predicted molar refractivity (Wildman–Crippen MR) is 70.4 cm³/mol. The van der Waals surface area contributed by atoms with E-state index in [4.69, 9.17) is 12.2 Å². The number of thiocarbonyl (C=S) groups is 1. The fourth-order valence-electron chi connectivity index (χ4n) is 1.78. The van der Waals surface area contributed by atoms with E-state index in [1.165, 1.54) is 0 Å². The Morgan fingerprint density at radius 2 is 2.20 bits per heavy atom. The van der Waals surface area contributed by atoms with Crippen molar-refractivity contribution in [3.05, 3.63) is 0 Å². The summed E-state index contributed by atoms with van der Waals surface area (Å²) in [5, 5.41) is 0.430. The van der Waals surface area contributed by atoms with Crippen LogP contribution in [0.5, 0.6) is 0 Å². The maximum Gasteiger partial charge on any atom is 0.136 e. The topological polar surface area (TPSA) is 20.3 Å². The summed E-state index contributed by atoms with van der Waals surface area (Å²) in [4.78, 5) is 13.5. The Morgan fingerprint density at radius 3 is 2.73 bits per heavy atom. The minimum atomic E-state index is 0.404. The number of thioether (sulfide) groups is 1. The number of carbonyl (C=O) groups excluding carboxylic acids is 1. The third-order valence-corrected chi connectivity index (χ3v) is 4.47. The number of carbonyl (C=O) groups is 1. The monoisotopic (exact) mass is 245 g/mol. The molecule has 86 valence electrons. The van der Waals surface area contributed by atoms with Crippen LogP contribution in [0.15, 0.2) is 0 Å². The van der Waals surface area contributed by atoms with Crippen molar-refractivity contribution in [1.29, 1.82) is 0 Å². The second kappa shape index (κ2) is 6.48. The van der Waals surface area contributed by atoms with Crippen LogP contribution in [0, 0.1) is 0 Å². The molecule has 1 rings (SSSR count). The van der Waals surface area contributed by atoms with Crippen molar-refractivity contribution in [3.63, 3.8) is 0 Å². The summed E-state index contributed by atoms with van der Waals surface area (Å²) in [6.07, 6.45) is 3.66. The zero-order valence-corrected chi connectivity index (χ0v) is 11.1. The van der Waals surface area contributed by atoms with Crippen LogP contribution in [0.2, 0.25) is 0 Å². The Labute approximate surface area is 102 Å². The molecule has 1 aliphatic carbocycles. The van der Waals surface area contributed by atoms with Gasteiger partial charge in [0.2, 0.25) is 0 Å². The van der Waals surface area contributed by atoms with E-state index < -0.39 is 0 Å². The molecule has 1 atom stereocenters. The third-order valence-electron chi connectivity index (χ3n) is 2.73. The average Bonchev–Trinajstić information content (AvgIpc) is 2.19. The molecule has 0 N–H and O–H groups in total. The highest BCUT2D eigenvalue weighted by Crippen LogP contribution is 2.28. The van der Waals surface area contributed by atoms with Crippen molar-refractivity contribution in [2.24, 2.45) is 0 Å². The molecule has 0 bridgehead atoms. The predicted octanol–water partition coefficient (Wildman–Crippen LogP) is 2.86. The normalized spacial score (nSPS) is 21.5. The van der Waals surface area contributed by atoms with Crippen molar-refractivity contribution < 1.29 is 4.79 Å². The van der Waals surface area contributed by atoms with Gasteiger partial charge in [-0.1, -0.05) is 24.0 Å². The summed E-state index contributed by atoms with van der Waals surface area (Å²) in [7, 11) is 0. The minimum absolute atomic E-state index is 0.404. The van der Waals surface area contributed by atoms with Crippen molar-refractivity contribution >= 4 is 34.1 Å². The van der Waals surface area contributed by atoms with E-state index in [1.807, 2.05) is 0 Å². The molecule has 0 aromatic rings. The molecule has 15 heavy (non-hydrogen) atoms. The highest BCUT2D eigenvalue weighted by molar-refractivity contribution is 8.23. The number of Topliss-reactive ketones (excluding diaryl/α,β-unsaturated/α-hetero) is 1. The molecule has 4 heteroatoms. The number of hydrogen-bond acceptors (Lipinski definition) is 3. The second-order valence-electron chi connectivity index (χ2n) is 3.81. The maximum absolute atomic E-state index is 11.3. The van der Waals surface area contributed by atoms with Crippen molar-refractivity contribution in [2.75, 3.05) is 13.1 Å². The first-order chi connectivity index (χ1) is 7.17. The minimum Gasteiger partial charge on any atom is -0.358 e. The first-order valence-electron chi connectivity index (χ1n) is 5.64. The van der Waals surface area contributed by atoms with Gasteiger partial charge >= 0.3 is 0 Å². The fourth-order valence-corrected chi connectivity index (χ4v) is 3.70. The Bertz CT molecular complexity index is 239. The van der Waals surface area contributed by atoms with Gasteiger partial charge in [0.25, 0.3) is 0 Å². The van der Waals surface area contributed by atoms with Gasteiger partial charge in [0.15, 0.2) is 0 Å². The van der Waals surface area contributed by atoms with E-state index in [0.29, 0.717) is 17.5 Å². The van der Waals surface area contributed by atoms with Crippen LogP contribution in [-0.2, 0) is 4.79 Å². The van der Waals surface area contributed by atoms with Crippen molar-refractivity contribution in [1.82, 2.24) is 4.90 Å². The van der Waals surface area contributed by atoms with Gasteiger partial charge in [0, 0.05) is 31.2 Å². The van der Waals surface area contributed by atoms with Crippen LogP contribution < -0.4 is 0 Å². The molecule has 0 amide bonds. The summed E-state index contributed by atoms with van der Waals surface area (Å²) in [5.74, 6) is 0.404. The van der Waals surface area contributed by atoms with Crippen molar-refractivity contribution in [2.45, 2.75) is 44.8 Å². The van der Waals surface area contributed by atoms with Crippen LogP contribution in [0.3, 0.4) is 0 Å². The number of ketones is 1. The van der Waals surface area contributed by atoms with Gasteiger partial charge in [-0.05, 0) is 26.7 Å². The van der Waals surface area contributed by atoms with Gasteiger partial charge in [-0.3, -0.25) is 4.79 Å². The van der Waals surface area contributed by atoms with E-state index in [-0.39, 0.29) is 0 Å². The molecule has 1 saturated carbocycles. The maximum atomic E-state index is 11.3. The van der Waals surface area contributed by atoms with Crippen LogP contribution in [0.25, 0.3) is 0 Å². The second-order valence-corrected chi connectivity index (χ2v) is 5.75. The lowest BCUT2D eigenvalue weighted by Crippen LogP contribution is -2.29. The van der Waals surface area contributed by atoms with Gasteiger partial charge in [0.1, 0.15) is 10.1 Å². The molecule has 0 aromatic heterocycles. The molecule has 0 saturated heterocycles. The Hall–Kier alpha value is -0.0900. The number of nitrogens with zero attached hydrogens (tertiary/aromatic N) is 1. The molecular formula is C11H19NOS2. The molecule has 0 spiro atoms. The SMILES string of the molecule is CCN(CC)C(=S)SC1CCCC(=O)C1. The molecule has 0 heterocycles. The lowest BCUT2D eigenvalue weighted by atomic mass is 9.99. The summed E-state index contributed by atoms with van der Waals surface area (Å²) in [6, 6.07) is 0. The number of hydrogen-bond donors (Lipinski definition) is 0. The lowest BCUT2D eigenvalue weighted by molar-refractivity contribution is -0.120. The summed E-state index contributed by atoms with van der Waals surface area (Å²) in [6.45, 7) is 6.15. The molecule has 1 aliphatic rings. The van der Waals surface area contributed by atoms with E-state index in [9.17, 15) is 4.79 Å². The molecule has 0 aromatic carbocycles. The van der Waals surface area contributed by atoms with Gasteiger partial charge in [-0.25, -0.2) is 0 Å². The zero-order valence-electron chi connectivity index (χ0n) is 9.49. The smallest absolute Gasteiger partial charge is 0.136 e. The van der Waals surface area contributed by atoms with E-state index in [2.05, 4.69) is 18.7 Å². The van der Waals surface area contributed by atoms with E-state index in [1.54, 1.807) is 11.8 Å². The largest absolute Gasteiger partial charge is 0.358 e. The summed E-state index contributed by atoms with van der Waals surface area (Å²) in [5.41, 5.74) is 0. The Kier molecular flexibility index (Phi) is 5.61. The fraction of sp³-hybridized carbons (Fsp3) is 0.818. The standard InChI is InChI=1S/C11H19NOS2/c1-3-12(4-2)11(14)15-10-7-5-6-9(13)8-10/h10H,3-8H2,1-2H3. The molecule has 2 nitrogen and oxygen atoms in total. The van der Waals surface area contributed by atoms with Gasteiger partial charge in [-0.15, -0.1) is 0 Å². The van der Waals surface area contributed by atoms with E-state index in [0.717, 1.165) is 36.7 Å². The van der Waals surface area contributed by atoms with Crippen LogP contribution in [0.4, 0.5) is 0 Å². The molecule has 1 unspecified atom stereocenters. The number of rotatable bonds is 3. The molecule has 1 fully saturated rings. The van der Waals surface area contributed by atoms with Crippen LogP contribution in [0.1, 0.15) is 39.5 Å². The highest BCUT2D eigenvalue weighted by Gasteiger charge is 2.22. The third kappa shape index (κ3) is 4.11. The van der Waals surface area contributed by atoms with Crippen molar-refractivity contribution in [3.8, 4) is 0 Å². The zero-order chi connectivity index (χ0) is 11.3. The first kappa shape index (κ1) is 13.0. The average molecular weight is 245 g/mol. The Morgan fingerprint density at radius 1 is 1.53 bits per heavy atom. The van der Waals surface area contributed by atoms with Gasteiger partial charge < -0.3 is 4.90 Å². The quantitative estimate of drug-likeness (QED) is 0.712. The summed E-state index contributed by atoms with van der Waals surface area (Å²) >= 11 is 7.09. The summed E-state index contributed by atoms with van der Waals surface area (Å²) < 4.78 is 0.958. The molecular weight excluding hydrogens is 226 g/mol. The Balaban J connectivity index is 2.39. The van der Waals surface area contributed by atoms with E-state index >= 15 is 0 Å². The lowest BCUT2D eigenvalue weighted by Gasteiger charge is -2.26. The van der Waals surface area contributed by atoms with Gasteiger partial charge in [-0.2, -0.15) is 0 Å². The van der Waals surface area contributed by atoms with Crippen LogP contribution >= 0.6 is 24.0 Å². The van der Waals surface area contributed by atoms with Gasteiger partial charge in [0.05, 0.1) is 0 Å². The molecule has 0 aliphatic heterocycles. The highest BCUT2D eigenvalue weighted by atomic mass is 32.2. The first-order valence-corrected chi connectivity index (χ1v) is 6.93.